The van der Waals surface area contributed by atoms with Gasteiger partial charge in [0.2, 0.25) is 10.0 Å². The molecule has 0 bridgehead atoms. The molecule has 0 aromatic rings. The van der Waals surface area contributed by atoms with Crippen LogP contribution in [-0.2, 0) is 10.0 Å². The molecule has 0 rings (SSSR count). The molecule has 0 heterocycles. The lowest BCUT2D eigenvalue weighted by atomic mass is 9.94. The summed E-state index contributed by atoms with van der Waals surface area (Å²) in [7, 11) is -3.23. The van der Waals surface area contributed by atoms with E-state index in [0.717, 1.165) is 6.42 Å². The highest BCUT2D eigenvalue weighted by Crippen LogP contribution is 2.24. The Balaban J connectivity index is 5.00. The predicted octanol–water partition coefficient (Wildman–Crippen LogP) is 2.20. The van der Waals surface area contributed by atoms with Crippen molar-refractivity contribution in [3.8, 4) is 0 Å². The third-order valence-electron chi connectivity index (χ3n) is 3.05. The number of sulfonamides is 1. The van der Waals surface area contributed by atoms with Crippen LogP contribution in [0.15, 0.2) is 0 Å². The zero-order valence-corrected chi connectivity index (χ0v) is 13.6. The van der Waals surface area contributed by atoms with E-state index in [4.69, 9.17) is 5.73 Å². The van der Waals surface area contributed by atoms with Gasteiger partial charge >= 0.3 is 0 Å². The minimum Gasteiger partial charge on any atom is -0.329 e. The summed E-state index contributed by atoms with van der Waals surface area (Å²) in [5.74, 6) is 0.194. The molecule has 18 heavy (non-hydrogen) atoms. The summed E-state index contributed by atoms with van der Waals surface area (Å²) in [5.41, 5.74) is 5.23. The highest BCUT2D eigenvalue weighted by molar-refractivity contribution is 7.89. The molecule has 0 atom stereocenters. The standard InChI is InChI=1S/C13H30N2O2S/c1-7-9-15(13(5,6)11-14)18(16,17)10-8-12(2,3)4/h7-11,14H2,1-6H3. The first-order valence-corrected chi connectivity index (χ1v) is 8.28. The summed E-state index contributed by atoms with van der Waals surface area (Å²) in [5, 5.41) is 0. The van der Waals surface area contributed by atoms with Gasteiger partial charge in [-0.25, -0.2) is 8.42 Å². The first-order chi connectivity index (χ1) is 7.96. The lowest BCUT2D eigenvalue weighted by molar-refractivity contribution is 0.233. The highest BCUT2D eigenvalue weighted by Gasteiger charge is 2.34. The van der Waals surface area contributed by atoms with Crippen molar-refractivity contribution in [3.05, 3.63) is 0 Å². The molecular formula is C13H30N2O2S. The van der Waals surface area contributed by atoms with Gasteiger partial charge in [0.1, 0.15) is 0 Å². The Morgan fingerprint density at radius 2 is 1.61 bits per heavy atom. The van der Waals surface area contributed by atoms with E-state index in [9.17, 15) is 8.42 Å². The topological polar surface area (TPSA) is 63.4 Å². The van der Waals surface area contributed by atoms with Crippen molar-refractivity contribution in [1.29, 1.82) is 0 Å². The first-order valence-electron chi connectivity index (χ1n) is 6.67. The van der Waals surface area contributed by atoms with E-state index in [1.165, 1.54) is 0 Å². The molecule has 0 aliphatic carbocycles. The SMILES string of the molecule is CCCN(C(C)(C)CN)S(=O)(=O)CCC(C)(C)C. The molecule has 0 aliphatic heterocycles. The molecule has 5 heteroatoms. The second kappa shape index (κ2) is 6.35. The van der Waals surface area contributed by atoms with Gasteiger partial charge in [-0.2, -0.15) is 4.31 Å². The summed E-state index contributed by atoms with van der Waals surface area (Å²) >= 11 is 0. The van der Waals surface area contributed by atoms with E-state index >= 15 is 0 Å². The number of nitrogens with two attached hydrogens (primary N) is 1. The van der Waals surface area contributed by atoms with Crippen molar-refractivity contribution >= 4 is 10.0 Å². The fourth-order valence-electron chi connectivity index (χ4n) is 1.67. The van der Waals surface area contributed by atoms with Gasteiger partial charge in [-0.1, -0.05) is 27.7 Å². The van der Waals surface area contributed by atoms with Crippen molar-refractivity contribution in [2.24, 2.45) is 11.1 Å². The quantitative estimate of drug-likeness (QED) is 0.776. The Labute approximate surface area is 113 Å². The smallest absolute Gasteiger partial charge is 0.214 e. The summed E-state index contributed by atoms with van der Waals surface area (Å²) in [6, 6.07) is 0. The maximum Gasteiger partial charge on any atom is 0.214 e. The summed E-state index contributed by atoms with van der Waals surface area (Å²) < 4.78 is 26.5. The van der Waals surface area contributed by atoms with Crippen LogP contribution in [0.5, 0.6) is 0 Å². The molecule has 110 valence electrons. The van der Waals surface area contributed by atoms with Crippen molar-refractivity contribution in [2.45, 2.75) is 59.9 Å². The average Bonchev–Trinajstić information content (AvgIpc) is 2.22. The van der Waals surface area contributed by atoms with Crippen molar-refractivity contribution in [3.63, 3.8) is 0 Å². The molecule has 0 unspecified atom stereocenters. The molecule has 2 N–H and O–H groups in total. The van der Waals surface area contributed by atoms with E-state index in [1.54, 1.807) is 4.31 Å². The zero-order chi connectivity index (χ0) is 14.6. The second-order valence-electron chi connectivity index (χ2n) is 6.72. The average molecular weight is 278 g/mol. The van der Waals surface area contributed by atoms with Crippen LogP contribution in [-0.4, -0.2) is 37.1 Å². The van der Waals surface area contributed by atoms with E-state index in [-0.39, 0.29) is 11.2 Å². The van der Waals surface area contributed by atoms with Gasteiger partial charge in [-0.05, 0) is 32.1 Å². The van der Waals surface area contributed by atoms with Crippen molar-refractivity contribution in [1.82, 2.24) is 4.31 Å². The summed E-state index contributed by atoms with van der Waals surface area (Å²) in [6.07, 6.45) is 1.47. The highest BCUT2D eigenvalue weighted by atomic mass is 32.2. The van der Waals surface area contributed by atoms with Crippen LogP contribution in [0.2, 0.25) is 0 Å². The monoisotopic (exact) mass is 278 g/mol. The first kappa shape index (κ1) is 17.9. The third kappa shape index (κ3) is 5.67. The molecule has 0 fully saturated rings. The number of rotatable bonds is 7. The molecule has 4 nitrogen and oxygen atoms in total. The molecule has 0 radical (unpaired) electrons. The van der Waals surface area contributed by atoms with Gasteiger partial charge < -0.3 is 5.73 Å². The molecular weight excluding hydrogens is 248 g/mol. The van der Waals surface area contributed by atoms with Gasteiger partial charge in [0, 0.05) is 18.6 Å². The van der Waals surface area contributed by atoms with Crippen LogP contribution >= 0.6 is 0 Å². The van der Waals surface area contributed by atoms with Gasteiger partial charge in [-0.15, -0.1) is 0 Å². The van der Waals surface area contributed by atoms with E-state index in [1.807, 2.05) is 20.8 Å². The molecule has 0 amide bonds. The number of hydrogen-bond acceptors (Lipinski definition) is 3. The zero-order valence-electron chi connectivity index (χ0n) is 12.8. The van der Waals surface area contributed by atoms with Crippen LogP contribution in [0.1, 0.15) is 54.4 Å². The lowest BCUT2D eigenvalue weighted by Crippen LogP contribution is -2.53. The summed E-state index contributed by atoms with van der Waals surface area (Å²) in [4.78, 5) is 0. The Morgan fingerprint density at radius 1 is 1.11 bits per heavy atom. The van der Waals surface area contributed by atoms with Crippen LogP contribution in [0.25, 0.3) is 0 Å². The third-order valence-corrected chi connectivity index (χ3v) is 5.12. The van der Waals surface area contributed by atoms with Gasteiger partial charge in [-0.3, -0.25) is 0 Å². The summed E-state index contributed by atoms with van der Waals surface area (Å²) in [6.45, 7) is 12.8. The largest absolute Gasteiger partial charge is 0.329 e. The maximum absolute atomic E-state index is 12.4. The van der Waals surface area contributed by atoms with Crippen molar-refractivity contribution < 1.29 is 8.42 Å². The fraction of sp³-hybridized carbons (Fsp3) is 1.00. The minimum absolute atomic E-state index is 0.0256. The minimum atomic E-state index is -3.23. The Hall–Kier alpha value is -0.130. The molecule has 0 saturated carbocycles. The Bertz CT molecular complexity index is 342. The van der Waals surface area contributed by atoms with E-state index in [0.29, 0.717) is 19.5 Å². The van der Waals surface area contributed by atoms with Crippen LogP contribution < -0.4 is 5.73 Å². The Kier molecular flexibility index (Phi) is 6.30. The van der Waals surface area contributed by atoms with Gasteiger partial charge in [0.25, 0.3) is 0 Å². The number of hydrogen-bond donors (Lipinski definition) is 1. The molecule has 0 saturated heterocycles. The molecule has 0 aromatic carbocycles. The normalized spacial score (nSPS) is 14.2. The van der Waals surface area contributed by atoms with Gasteiger partial charge in [0.15, 0.2) is 0 Å². The predicted molar refractivity (Wildman–Crippen MR) is 78.0 cm³/mol. The number of nitrogens with zero attached hydrogens (tertiary/aromatic N) is 1. The molecule has 0 aromatic heterocycles. The molecule has 0 aliphatic rings. The van der Waals surface area contributed by atoms with E-state index in [2.05, 4.69) is 20.8 Å². The lowest BCUT2D eigenvalue weighted by Gasteiger charge is -2.37. The van der Waals surface area contributed by atoms with Crippen molar-refractivity contribution in [2.75, 3.05) is 18.8 Å². The maximum atomic E-state index is 12.4. The molecule has 0 spiro atoms. The Morgan fingerprint density at radius 3 is 1.94 bits per heavy atom. The van der Waals surface area contributed by atoms with Crippen LogP contribution in [0.4, 0.5) is 0 Å². The van der Waals surface area contributed by atoms with Crippen LogP contribution in [0.3, 0.4) is 0 Å². The van der Waals surface area contributed by atoms with Crippen LogP contribution in [0, 0.1) is 5.41 Å². The fourth-order valence-corrected chi connectivity index (χ4v) is 4.05. The van der Waals surface area contributed by atoms with Gasteiger partial charge in [0.05, 0.1) is 5.75 Å². The second-order valence-corrected chi connectivity index (χ2v) is 8.73. The van der Waals surface area contributed by atoms with E-state index < -0.39 is 15.6 Å².